The summed E-state index contributed by atoms with van der Waals surface area (Å²) in [6.07, 6.45) is 0. The van der Waals surface area contributed by atoms with Crippen molar-refractivity contribution in [3.8, 4) is 0 Å². The van der Waals surface area contributed by atoms with Crippen LogP contribution in [-0.2, 0) is 4.74 Å². The molecule has 0 saturated heterocycles. The van der Waals surface area contributed by atoms with Gasteiger partial charge >= 0.3 is 5.97 Å². The highest BCUT2D eigenvalue weighted by Gasteiger charge is 2.65. The van der Waals surface area contributed by atoms with Crippen LogP contribution in [0.3, 0.4) is 0 Å². The van der Waals surface area contributed by atoms with E-state index in [1.807, 2.05) is 0 Å². The van der Waals surface area contributed by atoms with Gasteiger partial charge in [0.1, 0.15) is 4.88 Å². The molecule has 0 atom stereocenters. The second kappa shape index (κ2) is 5.09. The number of aromatic nitrogens is 1. The predicted molar refractivity (Wildman–Crippen MR) is 83.0 cm³/mol. The Kier molecular flexibility index (Phi) is 3.86. The Labute approximate surface area is 129 Å². The predicted octanol–water partition coefficient (Wildman–Crippen LogP) is 3.37. The first-order valence-corrected chi connectivity index (χ1v) is 7.90. The van der Waals surface area contributed by atoms with E-state index in [1.54, 1.807) is 6.92 Å². The molecule has 0 radical (unpaired) electrons. The van der Waals surface area contributed by atoms with E-state index in [-0.39, 0.29) is 35.0 Å². The highest BCUT2D eigenvalue weighted by molar-refractivity contribution is 7.17. The van der Waals surface area contributed by atoms with Crippen LogP contribution in [0.4, 0.5) is 5.13 Å². The maximum absolute atomic E-state index is 11.9. The Morgan fingerprint density at radius 1 is 1.29 bits per heavy atom. The van der Waals surface area contributed by atoms with Gasteiger partial charge in [0.05, 0.1) is 6.61 Å². The molecule has 1 fully saturated rings. The van der Waals surface area contributed by atoms with Gasteiger partial charge in [-0.1, -0.05) is 39.0 Å². The zero-order valence-electron chi connectivity index (χ0n) is 13.4. The Balaban J connectivity index is 2.25. The van der Waals surface area contributed by atoms with Crippen LogP contribution in [0.2, 0.25) is 0 Å². The van der Waals surface area contributed by atoms with Crippen molar-refractivity contribution in [2.75, 3.05) is 11.9 Å². The number of nitrogens with zero attached hydrogens (tertiary/aromatic N) is 1. The number of ether oxygens (including phenoxy) is 1. The van der Waals surface area contributed by atoms with E-state index in [0.29, 0.717) is 10.0 Å². The van der Waals surface area contributed by atoms with Gasteiger partial charge in [-0.15, -0.1) is 0 Å². The van der Waals surface area contributed by atoms with Crippen molar-refractivity contribution in [2.45, 2.75) is 47.6 Å². The molecule has 1 N–H and O–H groups in total. The molecule has 21 heavy (non-hydrogen) atoms. The molecular formula is C15H22N2O3S. The highest BCUT2D eigenvalue weighted by Crippen LogP contribution is 2.63. The first-order chi connectivity index (χ1) is 9.62. The van der Waals surface area contributed by atoms with Gasteiger partial charge in [0.25, 0.3) is 0 Å². The van der Waals surface area contributed by atoms with Gasteiger partial charge in [0, 0.05) is 13.0 Å². The number of nitrogens with one attached hydrogen (secondary N) is 1. The molecule has 2 rings (SSSR count). The monoisotopic (exact) mass is 310 g/mol. The molecule has 1 aliphatic rings. The number of thiazole rings is 1. The molecule has 0 amide bonds. The Morgan fingerprint density at radius 2 is 1.86 bits per heavy atom. The summed E-state index contributed by atoms with van der Waals surface area (Å²) in [6.45, 7) is 12.2. The maximum atomic E-state index is 11.9. The molecule has 0 spiro atoms. The molecule has 0 aromatic carbocycles. The van der Waals surface area contributed by atoms with Gasteiger partial charge in [-0.2, -0.15) is 0 Å². The normalized spacial score (nSPS) is 19.1. The average Bonchev–Trinajstić information content (AvgIpc) is 2.71. The number of anilines is 1. The summed E-state index contributed by atoms with van der Waals surface area (Å²) >= 11 is 1.22. The Hall–Kier alpha value is -1.43. The summed E-state index contributed by atoms with van der Waals surface area (Å²) < 4.78 is 4.96. The summed E-state index contributed by atoms with van der Waals surface area (Å²) in [5.74, 6) is -0.709. The quantitative estimate of drug-likeness (QED) is 0.667. The van der Waals surface area contributed by atoms with Gasteiger partial charge in [-0.05, 0) is 17.8 Å². The number of esters is 1. The van der Waals surface area contributed by atoms with Gasteiger partial charge in [0.15, 0.2) is 16.6 Å². The molecule has 0 aliphatic heterocycles. The van der Waals surface area contributed by atoms with Gasteiger partial charge in [-0.25, -0.2) is 9.78 Å². The molecule has 5 nitrogen and oxygen atoms in total. The Morgan fingerprint density at radius 3 is 2.29 bits per heavy atom. The topological polar surface area (TPSA) is 68.3 Å². The summed E-state index contributed by atoms with van der Waals surface area (Å²) in [7, 11) is 0. The van der Waals surface area contributed by atoms with Gasteiger partial charge < -0.3 is 10.1 Å². The van der Waals surface area contributed by atoms with E-state index in [9.17, 15) is 9.59 Å². The van der Waals surface area contributed by atoms with Crippen LogP contribution in [0, 0.1) is 10.8 Å². The molecular weight excluding hydrogens is 288 g/mol. The van der Waals surface area contributed by atoms with E-state index in [2.05, 4.69) is 38.0 Å². The van der Waals surface area contributed by atoms with Crippen molar-refractivity contribution in [3.05, 3.63) is 10.6 Å². The molecule has 1 aromatic rings. The summed E-state index contributed by atoms with van der Waals surface area (Å²) in [5, 5.41) is 3.96. The van der Waals surface area contributed by atoms with E-state index < -0.39 is 5.97 Å². The number of hydrogen-bond acceptors (Lipinski definition) is 6. The number of carbonyl (C=O) groups is 2. The lowest BCUT2D eigenvalue weighted by Crippen LogP contribution is -2.11. The zero-order valence-corrected chi connectivity index (χ0v) is 14.2. The lowest BCUT2D eigenvalue weighted by molar-refractivity contribution is 0.0517. The SMILES string of the molecule is CCOC(=O)c1nc(NC2C(C)(C)C2(C)C)sc1C(C)=O. The molecule has 0 unspecified atom stereocenters. The maximum Gasteiger partial charge on any atom is 0.358 e. The largest absolute Gasteiger partial charge is 0.461 e. The minimum Gasteiger partial charge on any atom is -0.461 e. The molecule has 0 bridgehead atoms. The van der Waals surface area contributed by atoms with Crippen LogP contribution in [0.1, 0.15) is 61.7 Å². The second-order valence-corrected chi connectivity index (χ2v) is 7.49. The standard InChI is InChI=1S/C15H22N2O3S/c1-7-20-11(19)9-10(8(2)18)21-13(16-9)17-12-14(3,4)15(12,5)6/h12H,7H2,1-6H3,(H,16,17). The lowest BCUT2D eigenvalue weighted by Gasteiger charge is -2.03. The van der Waals surface area contributed by atoms with Crippen molar-refractivity contribution in [3.63, 3.8) is 0 Å². The van der Waals surface area contributed by atoms with E-state index in [4.69, 9.17) is 4.74 Å². The van der Waals surface area contributed by atoms with Crippen LogP contribution in [0.5, 0.6) is 0 Å². The average molecular weight is 310 g/mol. The number of hydrogen-bond donors (Lipinski definition) is 1. The molecule has 6 heteroatoms. The molecule has 1 aliphatic carbocycles. The smallest absolute Gasteiger partial charge is 0.358 e. The second-order valence-electron chi connectivity index (χ2n) is 6.49. The van der Waals surface area contributed by atoms with Crippen molar-refractivity contribution >= 4 is 28.2 Å². The zero-order chi connectivity index (χ0) is 16.0. The fraction of sp³-hybridized carbons (Fsp3) is 0.667. The highest BCUT2D eigenvalue weighted by atomic mass is 32.1. The number of carbonyl (C=O) groups excluding carboxylic acids is 2. The summed E-state index contributed by atoms with van der Waals surface area (Å²) in [6, 6.07) is 0.269. The van der Waals surface area contributed by atoms with E-state index in [1.165, 1.54) is 18.3 Å². The molecule has 1 aromatic heterocycles. The van der Waals surface area contributed by atoms with Crippen molar-refractivity contribution in [2.24, 2.45) is 10.8 Å². The molecule has 1 heterocycles. The van der Waals surface area contributed by atoms with Crippen LogP contribution >= 0.6 is 11.3 Å². The van der Waals surface area contributed by atoms with Crippen LogP contribution < -0.4 is 5.32 Å². The molecule has 116 valence electrons. The summed E-state index contributed by atoms with van der Waals surface area (Å²) in [4.78, 5) is 28.2. The number of ketones is 1. The molecule has 1 saturated carbocycles. The van der Waals surface area contributed by atoms with Crippen molar-refractivity contribution in [1.82, 2.24) is 4.98 Å². The minimum absolute atomic E-state index is 0.119. The van der Waals surface area contributed by atoms with Gasteiger partial charge in [0.2, 0.25) is 0 Å². The third-order valence-corrected chi connectivity index (χ3v) is 5.79. The van der Waals surface area contributed by atoms with E-state index in [0.717, 1.165) is 0 Å². The third kappa shape index (κ3) is 2.57. The number of rotatable bonds is 5. The lowest BCUT2D eigenvalue weighted by atomic mass is 10.0. The first-order valence-electron chi connectivity index (χ1n) is 7.08. The van der Waals surface area contributed by atoms with E-state index >= 15 is 0 Å². The summed E-state index contributed by atoms with van der Waals surface area (Å²) in [5.41, 5.74) is 0.422. The van der Waals surface area contributed by atoms with Gasteiger partial charge in [-0.3, -0.25) is 4.79 Å². The number of Topliss-reactive ketones (excluding diaryl/α,β-unsaturated/α-hetero) is 1. The van der Waals surface area contributed by atoms with Crippen LogP contribution in [0.25, 0.3) is 0 Å². The fourth-order valence-corrected chi connectivity index (χ4v) is 3.52. The van der Waals surface area contributed by atoms with Crippen LogP contribution in [-0.4, -0.2) is 29.4 Å². The van der Waals surface area contributed by atoms with Crippen molar-refractivity contribution in [1.29, 1.82) is 0 Å². The van der Waals surface area contributed by atoms with Crippen LogP contribution in [0.15, 0.2) is 0 Å². The van der Waals surface area contributed by atoms with Crippen molar-refractivity contribution < 1.29 is 14.3 Å². The third-order valence-electron chi connectivity index (χ3n) is 4.70. The minimum atomic E-state index is -0.540. The fourth-order valence-electron chi connectivity index (χ4n) is 2.64. The Bertz CT molecular complexity index is 576. The first kappa shape index (κ1) is 15.9.